The number of Topliss-reactive ketones (excluding diaryl/α,β-unsaturated/α-hetero) is 1. The molecule has 1 aliphatic heterocycles. The van der Waals surface area contributed by atoms with Crippen LogP contribution in [0.4, 0.5) is 0 Å². The molecule has 0 atom stereocenters. The second-order valence-electron chi connectivity index (χ2n) is 6.27. The van der Waals surface area contributed by atoms with E-state index in [-0.39, 0.29) is 5.54 Å². The predicted octanol–water partition coefficient (Wildman–Crippen LogP) is 4.51. The van der Waals surface area contributed by atoms with Gasteiger partial charge in [0.25, 0.3) is 0 Å². The van der Waals surface area contributed by atoms with Gasteiger partial charge in [-0.2, -0.15) is 0 Å². The molecule has 0 unspecified atom stereocenters. The number of hydrogen-bond acceptors (Lipinski definition) is 2. The minimum absolute atomic E-state index is 0.234. The smallest absolute Gasteiger partial charge is 0.157 e. The third kappa shape index (κ3) is 2.99. The van der Waals surface area contributed by atoms with Crippen LogP contribution < -0.4 is 0 Å². The van der Waals surface area contributed by atoms with Gasteiger partial charge in [-0.1, -0.05) is 36.0 Å². The van der Waals surface area contributed by atoms with E-state index >= 15 is 0 Å². The molecule has 1 saturated heterocycles. The molecule has 0 spiro atoms. The molecule has 1 saturated carbocycles. The summed E-state index contributed by atoms with van der Waals surface area (Å²) in [4.78, 5) is 15.5. The Morgan fingerprint density at radius 2 is 1.76 bits per heavy atom. The van der Waals surface area contributed by atoms with Crippen molar-refractivity contribution in [2.75, 3.05) is 13.1 Å². The van der Waals surface area contributed by atoms with Crippen LogP contribution in [0.5, 0.6) is 0 Å². The van der Waals surface area contributed by atoms with Gasteiger partial charge in [-0.05, 0) is 62.5 Å². The van der Waals surface area contributed by atoms with Crippen LogP contribution in [0.25, 0.3) is 0 Å². The molecule has 0 radical (unpaired) electrons. The number of halogens is 2. The summed E-state index contributed by atoms with van der Waals surface area (Å²) in [5.41, 5.74) is 0.627. The number of benzene rings is 1. The Labute approximate surface area is 136 Å². The lowest BCUT2D eigenvalue weighted by Crippen LogP contribution is -2.52. The van der Waals surface area contributed by atoms with E-state index in [1.54, 1.807) is 12.1 Å². The van der Waals surface area contributed by atoms with Crippen molar-refractivity contribution in [3.63, 3.8) is 0 Å². The van der Waals surface area contributed by atoms with Crippen LogP contribution in [0.15, 0.2) is 18.2 Å². The molecular formula is C17H21Cl2NO. The van der Waals surface area contributed by atoms with Gasteiger partial charge in [0.2, 0.25) is 0 Å². The van der Waals surface area contributed by atoms with E-state index in [4.69, 9.17) is 23.2 Å². The molecular weight excluding hydrogens is 305 g/mol. The Kier molecular flexibility index (Phi) is 4.58. The van der Waals surface area contributed by atoms with Crippen molar-refractivity contribution in [1.29, 1.82) is 0 Å². The second-order valence-corrected chi connectivity index (χ2v) is 7.11. The molecule has 21 heavy (non-hydrogen) atoms. The van der Waals surface area contributed by atoms with Crippen molar-refractivity contribution < 1.29 is 4.79 Å². The maximum atomic E-state index is 13.0. The normalized spacial score (nSPS) is 21.8. The van der Waals surface area contributed by atoms with Crippen LogP contribution in [-0.2, 0) is 11.2 Å². The number of rotatable bonds is 4. The summed E-state index contributed by atoms with van der Waals surface area (Å²) in [6.45, 7) is 2.13. The minimum Gasteiger partial charge on any atom is -0.297 e. The Hall–Kier alpha value is -0.570. The Bertz CT molecular complexity index is 532. The van der Waals surface area contributed by atoms with Gasteiger partial charge in [-0.15, -0.1) is 0 Å². The van der Waals surface area contributed by atoms with Gasteiger partial charge in [0.15, 0.2) is 5.78 Å². The zero-order valence-corrected chi connectivity index (χ0v) is 13.7. The molecule has 0 N–H and O–H groups in total. The molecule has 1 aliphatic carbocycles. The predicted molar refractivity (Wildman–Crippen MR) is 87.2 cm³/mol. The largest absolute Gasteiger partial charge is 0.297 e. The van der Waals surface area contributed by atoms with Crippen molar-refractivity contribution in [3.8, 4) is 0 Å². The van der Waals surface area contributed by atoms with E-state index in [2.05, 4.69) is 4.90 Å². The topological polar surface area (TPSA) is 20.3 Å². The monoisotopic (exact) mass is 325 g/mol. The highest BCUT2D eigenvalue weighted by Crippen LogP contribution is 2.39. The number of carbonyl (C=O) groups excluding carboxylic acids is 1. The van der Waals surface area contributed by atoms with E-state index in [0.717, 1.165) is 44.3 Å². The third-order valence-corrected chi connectivity index (χ3v) is 5.62. The van der Waals surface area contributed by atoms with E-state index < -0.39 is 0 Å². The van der Waals surface area contributed by atoms with Gasteiger partial charge in [0.05, 0.1) is 5.54 Å². The number of ketones is 1. The number of likely N-dealkylation sites (tertiary alicyclic amines) is 1. The van der Waals surface area contributed by atoms with Crippen molar-refractivity contribution in [2.45, 2.75) is 50.5 Å². The standard InChI is InChI=1S/C17H21Cl2NO/c18-14-5-6-15(19)13(11-14)12-16(21)17(7-1-2-8-17)20-9-3-4-10-20/h5-6,11H,1-4,7-10,12H2. The maximum absolute atomic E-state index is 13.0. The van der Waals surface area contributed by atoms with Gasteiger partial charge >= 0.3 is 0 Å². The van der Waals surface area contributed by atoms with E-state index in [0.29, 0.717) is 22.2 Å². The molecule has 2 fully saturated rings. The third-order valence-electron chi connectivity index (χ3n) is 5.02. The van der Waals surface area contributed by atoms with E-state index in [1.165, 1.54) is 12.8 Å². The van der Waals surface area contributed by atoms with E-state index in [1.807, 2.05) is 6.07 Å². The zero-order valence-electron chi connectivity index (χ0n) is 12.2. The maximum Gasteiger partial charge on any atom is 0.157 e. The van der Waals surface area contributed by atoms with Crippen LogP contribution >= 0.6 is 23.2 Å². The van der Waals surface area contributed by atoms with Gasteiger partial charge in [-0.3, -0.25) is 9.69 Å². The molecule has 114 valence electrons. The highest BCUT2D eigenvalue weighted by molar-refractivity contribution is 6.33. The summed E-state index contributed by atoms with van der Waals surface area (Å²) in [6.07, 6.45) is 7.15. The van der Waals surface area contributed by atoms with Gasteiger partial charge in [-0.25, -0.2) is 0 Å². The lowest BCUT2D eigenvalue weighted by molar-refractivity contribution is -0.129. The fourth-order valence-electron chi connectivity index (χ4n) is 3.89. The molecule has 1 aromatic rings. The van der Waals surface area contributed by atoms with Crippen molar-refractivity contribution in [1.82, 2.24) is 4.90 Å². The van der Waals surface area contributed by atoms with Crippen molar-refractivity contribution >= 4 is 29.0 Å². The molecule has 3 rings (SSSR count). The number of carbonyl (C=O) groups is 1. The number of nitrogens with zero attached hydrogens (tertiary/aromatic N) is 1. The number of hydrogen-bond donors (Lipinski definition) is 0. The summed E-state index contributed by atoms with van der Waals surface area (Å²) in [7, 11) is 0. The second kappa shape index (κ2) is 6.28. The zero-order chi connectivity index (χ0) is 14.9. The van der Waals surface area contributed by atoms with Crippen LogP contribution in [0.1, 0.15) is 44.1 Å². The highest BCUT2D eigenvalue weighted by atomic mass is 35.5. The molecule has 1 aromatic carbocycles. The SMILES string of the molecule is O=C(Cc1cc(Cl)ccc1Cl)C1(N2CCCC2)CCCC1. The molecule has 0 aromatic heterocycles. The average molecular weight is 326 g/mol. The fourth-order valence-corrected chi connectivity index (χ4v) is 4.27. The molecule has 4 heteroatoms. The molecule has 0 amide bonds. The average Bonchev–Trinajstić information content (AvgIpc) is 3.13. The molecule has 1 heterocycles. The van der Waals surface area contributed by atoms with E-state index in [9.17, 15) is 4.79 Å². The molecule has 0 bridgehead atoms. The van der Waals surface area contributed by atoms with Crippen LogP contribution in [0, 0.1) is 0 Å². The highest BCUT2D eigenvalue weighted by Gasteiger charge is 2.46. The van der Waals surface area contributed by atoms with Gasteiger partial charge in [0, 0.05) is 16.5 Å². The van der Waals surface area contributed by atoms with Crippen molar-refractivity contribution in [3.05, 3.63) is 33.8 Å². The first-order valence-corrected chi connectivity index (χ1v) is 8.60. The van der Waals surface area contributed by atoms with Gasteiger partial charge < -0.3 is 0 Å². The molecule has 2 nitrogen and oxygen atoms in total. The summed E-state index contributed by atoms with van der Waals surface area (Å²) in [5, 5.41) is 1.28. The summed E-state index contributed by atoms with van der Waals surface area (Å²) in [6, 6.07) is 5.38. The van der Waals surface area contributed by atoms with Crippen LogP contribution in [0.3, 0.4) is 0 Å². The first kappa shape index (κ1) is 15.3. The quantitative estimate of drug-likeness (QED) is 0.811. The Balaban J connectivity index is 1.83. The Morgan fingerprint density at radius 1 is 1.10 bits per heavy atom. The van der Waals surface area contributed by atoms with Gasteiger partial charge in [0.1, 0.15) is 0 Å². The van der Waals surface area contributed by atoms with Crippen LogP contribution in [0.2, 0.25) is 10.0 Å². The fraction of sp³-hybridized carbons (Fsp3) is 0.588. The first-order chi connectivity index (χ1) is 10.1. The van der Waals surface area contributed by atoms with Crippen LogP contribution in [-0.4, -0.2) is 29.3 Å². The minimum atomic E-state index is -0.234. The lowest BCUT2D eigenvalue weighted by Gasteiger charge is -2.37. The molecule has 2 aliphatic rings. The lowest BCUT2D eigenvalue weighted by atomic mass is 9.86. The Morgan fingerprint density at radius 3 is 2.43 bits per heavy atom. The summed E-state index contributed by atoms with van der Waals surface area (Å²) in [5.74, 6) is 0.325. The van der Waals surface area contributed by atoms with Crippen molar-refractivity contribution in [2.24, 2.45) is 0 Å². The summed E-state index contributed by atoms with van der Waals surface area (Å²) < 4.78 is 0. The first-order valence-electron chi connectivity index (χ1n) is 7.84. The summed E-state index contributed by atoms with van der Waals surface area (Å²) >= 11 is 12.3.